The Kier molecular flexibility index (Phi) is 5.38. The number of nitrogens with two attached hydrogens (primary N) is 1. The van der Waals surface area contributed by atoms with E-state index >= 15 is 0 Å². The second-order valence-electron chi connectivity index (χ2n) is 6.45. The van der Waals surface area contributed by atoms with E-state index in [0.717, 1.165) is 18.2 Å². The largest absolute Gasteiger partial charge is 0.460 e. The number of carbonyl (C=O) groups excluding carboxylic acids is 2. The van der Waals surface area contributed by atoms with Crippen LogP contribution in [-0.2, 0) is 16.0 Å². The fraction of sp³-hybridized carbons (Fsp3) is 0.474. The van der Waals surface area contributed by atoms with Gasteiger partial charge in [0.05, 0.1) is 5.56 Å². The third-order valence-corrected chi connectivity index (χ3v) is 4.79. The van der Waals surface area contributed by atoms with Crippen molar-refractivity contribution in [2.45, 2.75) is 38.6 Å². The Morgan fingerprint density at radius 3 is 2.68 bits per heavy atom. The van der Waals surface area contributed by atoms with Crippen molar-refractivity contribution in [1.82, 2.24) is 5.32 Å². The van der Waals surface area contributed by atoms with E-state index in [4.69, 9.17) is 14.9 Å². The lowest BCUT2D eigenvalue weighted by Gasteiger charge is -2.30. The molecule has 2 aromatic rings. The Morgan fingerprint density at radius 2 is 2.00 bits per heavy atom. The zero-order valence-electron chi connectivity index (χ0n) is 14.4. The summed E-state index contributed by atoms with van der Waals surface area (Å²) in [6.45, 7) is 3.24. The number of primary amides is 1. The summed E-state index contributed by atoms with van der Waals surface area (Å²) < 4.78 is 11.2. The topological polar surface area (TPSA) is 94.6 Å². The molecule has 134 valence electrons. The Bertz CT molecular complexity index is 762. The maximum Gasteiger partial charge on any atom is 0.255 e. The van der Waals surface area contributed by atoms with Crippen LogP contribution in [0.1, 0.15) is 42.3 Å². The molecule has 2 heterocycles. The Hall–Kier alpha value is -2.34. The fourth-order valence-electron chi connectivity index (χ4n) is 3.51. The number of fused-ring (bicyclic) bond motifs is 1. The number of nitrogens with one attached hydrogen (secondary N) is 1. The minimum atomic E-state index is -0.412. The first kappa shape index (κ1) is 17.5. The van der Waals surface area contributed by atoms with Crippen LogP contribution >= 0.6 is 0 Å². The molecule has 3 N–H and O–H groups in total. The second-order valence-corrected chi connectivity index (χ2v) is 6.45. The highest BCUT2D eigenvalue weighted by Crippen LogP contribution is 2.27. The van der Waals surface area contributed by atoms with Crippen LogP contribution in [0.4, 0.5) is 0 Å². The smallest absolute Gasteiger partial charge is 0.255 e. The monoisotopic (exact) mass is 344 g/mol. The van der Waals surface area contributed by atoms with Gasteiger partial charge in [-0.15, -0.1) is 0 Å². The maximum absolute atomic E-state index is 13.0. The summed E-state index contributed by atoms with van der Waals surface area (Å²) >= 11 is 0. The number of para-hydroxylation sites is 1. The molecule has 1 aliphatic heterocycles. The zero-order chi connectivity index (χ0) is 17.8. The van der Waals surface area contributed by atoms with Crippen molar-refractivity contribution < 1.29 is 18.7 Å². The molecule has 2 amide bonds. The van der Waals surface area contributed by atoms with Gasteiger partial charge in [0.15, 0.2) is 0 Å². The van der Waals surface area contributed by atoms with E-state index in [-0.39, 0.29) is 24.3 Å². The lowest BCUT2D eigenvalue weighted by Crippen LogP contribution is -2.44. The molecule has 1 aromatic carbocycles. The van der Waals surface area contributed by atoms with E-state index < -0.39 is 5.91 Å². The number of rotatable bonds is 6. The van der Waals surface area contributed by atoms with Gasteiger partial charge in [0.25, 0.3) is 5.91 Å². The van der Waals surface area contributed by atoms with Crippen molar-refractivity contribution in [2.24, 2.45) is 11.7 Å². The summed E-state index contributed by atoms with van der Waals surface area (Å²) in [7, 11) is 0. The zero-order valence-corrected chi connectivity index (χ0v) is 14.4. The van der Waals surface area contributed by atoms with Gasteiger partial charge < -0.3 is 20.2 Å². The summed E-state index contributed by atoms with van der Waals surface area (Å²) in [5.41, 5.74) is 6.65. The number of amides is 2. The summed E-state index contributed by atoms with van der Waals surface area (Å²) in [4.78, 5) is 24.5. The van der Waals surface area contributed by atoms with Crippen LogP contribution in [0.3, 0.4) is 0 Å². The summed E-state index contributed by atoms with van der Waals surface area (Å²) in [6, 6.07) is 7.21. The van der Waals surface area contributed by atoms with Gasteiger partial charge >= 0.3 is 0 Å². The number of furan rings is 1. The third kappa shape index (κ3) is 3.85. The van der Waals surface area contributed by atoms with Crippen molar-refractivity contribution >= 4 is 22.8 Å². The van der Waals surface area contributed by atoms with Gasteiger partial charge in [0.1, 0.15) is 11.3 Å². The van der Waals surface area contributed by atoms with Crippen molar-refractivity contribution in [2.75, 3.05) is 13.2 Å². The molecular formula is C19H24N2O4. The molecule has 1 saturated heterocycles. The Balaban J connectivity index is 1.87. The highest BCUT2D eigenvalue weighted by molar-refractivity contribution is 6.07. The molecule has 0 spiro atoms. The number of ether oxygens (including phenoxy) is 1. The molecule has 1 aliphatic rings. The lowest BCUT2D eigenvalue weighted by atomic mass is 9.89. The first-order valence-corrected chi connectivity index (χ1v) is 8.77. The van der Waals surface area contributed by atoms with Crippen LogP contribution in [0.25, 0.3) is 11.0 Å². The van der Waals surface area contributed by atoms with E-state index in [9.17, 15) is 9.59 Å². The van der Waals surface area contributed by atoms with Gasteiger partial charge in [0.2, 0.25) is 5.91 Å². The second kappa shape index (κ2) is 7.70. The Morgan fingerprint density at radius 1 is 1.28 bits per heavy atom. The molecule has 1 fully saturated rings. The average molecular weight is 344 g/mol. The van der Waals surface area contributed by atoms with Gasteiger partial charge in [-0.05, 0) is 24.8 Å². The molecule has 6 heteroatoms. The minimum Gasteiger partial charge on any atom is -0.460 e. The molecule has 0 radical (unpaired) electrons. The molecule has 1 aromatic heterocycles. The van der Waals surface area contributed by atoms with Crippen LogP contribution in [-0.4, -0.2) is 31.1 Å². The van der Waals surface area contributed by atoms with Crippen molar-refractivity contribution in [3.05, 3.63) is 35.6 Å². The first-order chi connectivity index (χ1) is 12.1. The molecule has 6 nitrogen and oxygen atoms in total. The molecule has 25 heavy (non-hydrogen) atoms. The standard InChI is InChI=1S/C19H24N2O4/c1-2-15-18(13-5-3-4-6-16(13)25-15)19(23)21-14(11-17(20)22)12-7-9-24-10-8-12/h3-6,12,14H,2,7-11H2,1H3,(H2,20,22)(H,21,23)/t14-/m1/s1. The molecule has 0 unspecified atom stereocenters. The van der Waals surface area contributed by atoms with Crippen LogP contribution in [0.15, 0.2) is 28.7 Å². The normalized spacial score (nSPS) is 16.7. The highest BCUT2D eigenvalue weighted by atomic mass is 16.5. The number of hydrogen-bond donors (Lipinski definition) is 2. The van der Waals surface area contributed by atoms with Crippen LogP contribution in [0.2, 0.25) is 0 Å². The highest BCUT2D eigenvalue weighted by Gasteiger charge is 2.29. The predicted octanol–water partition coefficient (Wildman–Crippen LogP) is 2.40. The predicted molar refractivity (Wildman–Crippen MR) is 94.2 cm³/mol. The van der Waals surface area contributed by atoms with Crippen molar-refractivity contribution in [3.63, 3.8) is 0 Å². The number of carbonyl (C=O) groups is 2. The molecule has 3 rings (SSSR count). The minimum absolute atomic E-state index is 0.133. The van der Waals surface area contributed by atoms with E-state index in [1.54, 1.807) is 0 Å². The number of benzene rings is 1. The molecule has 1 atom stereocenters. The Labute approximate surface area is 146 Å². The molecule has 0 bridgehead atoms. The number of aryl methyl sites for hydroxylation is 1. The van der Waals surface area contributed by atoms with E-state index in [1.165, 1.54) is 0 Å². The molecule has 0 saturated carbocycles. The SMILES string of the molecule is CCc1oc2ccccc2c1C(=O)N[C@H](CC(N)=O)C1CCOCC1. The van der Waals surface area contributed by atoms with Gasteiger partial charge in [-0.1, -0.05) is 25.1 Å². The maximum atomic E-state index is 13.0. The lowest BCUT2D eigenvalue weighted by molar-refractivity contribution is -0.118. The van der Waals surface area contributed by atoms with Gasteiger partial charge in [-0.2, -0.15) is 0 Å². The molecular weight excluding hydrogens is 320 g/mol. The van der Waals surface area contributed by atoms with Crippen molar-refractivity contribution in [1.29, 1.82) is 0 Å². The van der Waals surface area contributed by atoms with Gasteiger partial charge in [-0.25, -0.2) is 0 Å². The van der Waals surface area contributed by atoms with E-state index in [0.29, 0.717) is 36.5 Å². The summed E-state index contributed by atoms with van der Waals surface area (Å²) in [5.74, 6) is 0.223. The third-order valence-electron chi connectivity index (χ3n) is 4.79. The number of hydrogen-bond acceptors (Lipinski definition) is 4. The van der Waals surface area contributed by atoms with Crippen LogP contribution < -0.4 is 11.1 Å². The first-order valence-electron chi connectivity index (χ1n) is 8.77. The van der Waals surface area contributed by atoms with Gasteiger partial charge in [-0.3, -0.25) is 9.59 Å². The summed E-state index contributed by atoms with van der Waals surface area (Å²) in [6.07, 6.45) is 2.37. The van der Waals surface area contributed by atoms with Crippen molar-refractivity contribution in [3.8, 4) is 0 Å². The summed E-state index contributed by atoms with van der Waals surface area (Å²) in [5, 5.41) is 3.83. The molecule has 0 aliphatic carbocycles. The van der Waals surface area contributed by atoms with Crippen LogP contribution in [0, 0.1) is 5.92 Å². The average Bonchev–Trinajstić information content (AvgIpc) is 3.00. The quantitative estimate of drug-likeness (QED) is 0.841. The van der Waals surface area contributed by atoms with Gasteiger partial charge in [0, 0.05) is 37.5 Å². The van der Waals surface area contributed by atoms with E-state index in [2.05, 4.69) is 5.32 Å². The fourth-order valence-corrected chi connectivity index (χ4v) is 3.51. The van der Waals surface area contributed by atoms with E-state index in [1.807, 2.05) is 31.2 Å². The van der Waals surface area contributed by atoms with Crippen LogP contribution in [0.5, 0.6) is 0 Å².